The molecule has 0 aliphatic carbocycles. The molecule has 0 atom stereocenters. The van der Waals surface area contributed by atoms with Gasteiger partial charge in [0.2, 0.25) is 0 Å². The van der Waals surface area contributed by atoms with E-state index < -0.39 is 0 Å². The van der Waals surface area contributed by atoms with E-state index >= 15 is 0 Å². The Morgan fingerprint density at radius 2 is 2.09 bits per heavy atom. The molecule has 0 spiro atoms. The van der Waals surface area contributed by atoms with Crippen LogP contribution >= 0.6 is 11.6 Å². The van der Waals surface area contributed by atoms with E-state index in [1.54, 1.807) is 6.08 Å². The van der Waals surface area contributed by atoms with Crippen molar-refractivity contribution in [2.75, 3.05) is 0 Å². The number of Topliss-reactive ketones (excluding diaryl/α,β-unsaturated/α-hetero) is 1. The van der Waals surface area contributed by atoms with Gasteiger partial charge in [-0.15, -0.1) is 0 Å². The Kier molecular flexibility index (Phi) is 5.22. The van der Waals surface area contributed by atoms with Crippen LogP contribution < -0.4 is 0 Å². The molecule has 64 valence electrons. The quantitative estimate of drug-likeness (QED) is 0.599. The van der Waals surface area contributed by atoms with Crippen molar-refractivity contribution >= 4 is 17.4 Å². The molecule has 0 amide bonds. The van der Waals surface area contributed by atoms with E-state index in [0.29, 0.717) is 11.0 Å². The van der Waals surface area contributed by atoms with E-state index in [-0.39, 0.29) is 5.78 Å². The van der Waals surface area contributed by atoms with Crippen molar-refractivity contribution < 1.29 is 4.79 Å². The van der Waals surface area contributed by atoms with Crippen LogP contribution in [0.25, 0.3) is 0 Å². The van der Waals surface area contributed by atoms with Gasteiger partial charge in [-0.25, -0.2) is 0 Å². The number of carbonyl (C=O) groups excluding carboxylic acids is 1. The van der Waals surface area contributed by atoms with Crippen molar-refractivity contribution in [1.29, 1.82) is 0 Å². The van der Waals surface area contributed by atoms with E-state index in [0.717, 1.165) is 12.8 Å². The summed E-state index contributed by atoms with van der Waals surface area (Å²) < 4.78 is 0. The zero-order valence-corrected chi connectivity index (χ0v) is 8.11. The van der Waals surface area contributed by atoms with Gasteiger partial charge < -0.3 is 0 Å². The van der Waals surface area contributed by atoms with E-state index in [4.69, 9.17) is 11.6 Å². The highest BCUT2D eigenvalue weighted by atomic mass is 35.5. The summed E-state index contributed by atoms with van der Waals surface area (Å²) in [5.74, 6) is 0.623. The monoisotopic (exact) mass is 174 g/mol. The van der Waals surface area contributed by atoms with Gasteiger partial charge in [0, 0.05) is 6.92 Å². The van der Waals surface area contributed by atoms with Crippen LogP contribution in [0.4, 0.5) is 0 Å². The van der Waals surface area contributed by atoms with Gasteiger partial charge >= 0.3 is 0 Å². The van der Waals surface area contributed by atoms with Crippen LogP contribution in [0.3, 0.4) is 0 Å². The number of halogens is 1. The molecule has 0 unspecified atom stereocenters. The topological polar surface area (TPSA) is 17.1 Å². The molecule has 0 radical (unpaired) electrons. The highest BCUT2D eigenvalue weighted by molar-refractivity contribution is 6.42. The molecule has 0 saturated carbocycles. The second-order valence-electron chi connectivity index (χ2n) is 3.08. The zero-order valence-electron chi connectivity index (χ0n) is 7.36. The number of rotatable bonds is 4. The number of allylic oxidation sites excluding steroid dienone is 2. The summed E-state index contributed by atoms with van der Waals surface area (Å²) in [5, 5.41) is 0.366. The van der Waals surface area contributed by atoms with Crippen molar-refractivity contribution in [3.63, 3.8) is 0 Å². The van der Waals surface area contributed by atoms with Crippen LogP contribution in [-0.4, -0.2) is 5.78 Å². The Labute approximate surface area is 73.4 Å². The van der Waals surface area contributed by atoms with E-state index in [9.17, 15) is 4.79 Å². The third-order valence-electron chi connectivity index (χ3n) is 1.40. The van der Waals surface area contributed by atoms with E-state index in [2.05, 4.69) is 13.8 Å². The number of hydrogen-bond acceptors (Lipinski definition) is 1. The lowest BCUT2D eigenvalue weighted by Crippen LogP contribution is -1.90. The maximum atomic E-state index is 10.6. The second-order valence-corrected chi connectivity index (χ2v) is 3.49. The van der Waals surface area contributed by atoms with Crippen molar-refractivity contribution in [3.05, 3.63) is 11.1 Å². The Morgan fingerprint density at radius 3 is 2.45 bits per heavy atom. The summed E-state index contributed by atoms with van der Waals surface area (Å²) in [7, 11) is 0. The summed E-state index contributed by atoms with van der Waals surface area (Å²) >= 11 is 5.61. The Hall–Kier alpha value is -0.300. The molecule has 0 aliphatic heterocycles. The molecule has 0 bridgehead atoms. The Morgan fingerprint density at radius 1 is 1.55 bits per heavy atom. The molecule has 0 fully saturated rings. The van der Waals surface area contributed by atoms with Crippen LogP contribution in [-0.2, 0) is 4.79 Å². The van der Waals surface area contributed by atoms with E-state index in [1.807, 2.05) is 0 Å². The van der Waals surface area contributed by atoms with Gasteiger partial charge in [-0.3, -0.25) is 4.79 Å². The number of hydrogen-bond donors (Lipinski definition) is 0. The fourth-order valence-electron chi connectivity index (χ4n) is 0.687. The van der Waals surface area contributed by atoms with Gasteiger partial charge in [0.25, 0.3) is 0 Å². The lowest BCUT2D eigenvalue weighted by molar-refractivity contribution is -0.113. The maximum Gasteiger partial charge on any atom is 0.170 e. The van der Waals surface area contributed by atoms with Crippen LogP contribution in [0.5, 0.6) is 0 Å². The van der Waals surface area contributed by atoms with Crippen LogP contribution in [0.1, 0.15) is 33.6 Å². The SMILES string of the molecule is CC(=O)C(Cl)=CCCC(C)C. The summed E-state index contributed by atoms with van der Waals surface area (Å²) in [4.78, 5) is 10.6. The molecule has 2 heteroatoms. The first-order valence-electron chi connectivity index (χ1n) is 3.90. The summed E-state index contributed by atoms with van der Waals surface area (Å²) in [6.45, 7) is 5.78. The molecule has 0 aromatic carbocycles. The predicted octanol–water partition coefficient (Wildman–Crippen LogP) is 3.13. The average molecular weight is 175 g/mol. The van der Waals surface area contributed by atoms with Gasteiger partial charge in [0.05, 0.1) is 5.03 Å². The Bertz CT molecular complexity index is 159. The van der Waals surface area contributed by atoms with Gasteiger partial charge in [0.1, 0.15) is 0 Å². The van der Waals surface area contributed by atoms with Crippen molar-refractivity contribution in [1.82, 2.24) is 0 Å². The van der Waals surface area contributed by atoms with Crippen LogP contribution in [0.15, 0.2) is 11.1 Å². The fraction of sp³-hybridized carbons (Fsp3) is 0.667. The number of ketones is 1. The first-order valence-corrected chi connectivity index (χ1v) is 4.28. The molecule has 1 nitrogen and oxygen atoms in total. The molecule has 0 saturated heterocycles. The minimum atomic E-state index is -0.0459. The molecule has 11 heavy (non-hydrogen) atoms. The predicted molar refractivity (Wildman–Crippen MR) is 48.7 cm³/mol. The number of carbonyl (C=O) groups is 1. The van der Waals surface area contributed by atoms with Gasteiger partial charge in [-0.2, -0.15) is 0 Å². The normalized spacial score (nSPS) is 12.3. The third kappa shape index (κ3) is 6.11. The summed E-state index contributed by atoms with van der Waals surface area (Å²) in [6.07, 6.45) is 3.78. The molecular weight excluding hydrogens is 160 g/mol. The summed E-state index contributed by atoms with van der Waals surface area (Å²) in [5.41, 5.74) is 0. The van der Waals surface area contributed by atoms with Crippen molar-refractivity contribution in [3.8, 4) is 0 Å². The van der Waals surface area contributed by atoms with Crippen LogP contribution in [0, 0.1) is 5.92 Å². The van der Waals surface area contributed by atoms with E-state index in [1.165, 1.54) is 6.92 Å². The highest BCUT2D eigenvalue weighted by Gasteiger charge is 1.97. The smallest absolute Gasteiger partial charge is 0.170 e. The molecule has 0 N–H and O–H groups in total. The Balaban J connectivity index is 3.65. The lowest BCUT2D eigenvalue weighted by atomic mass is 10.1. The standard InChI is InChI=1S/C9H15ClO/c1-7(2)5-4-6-9(10)8(3)11/h6-7H,4-5H2,1-3H3. The van der Waals surface area contributed by atoms with Gasteiger partial charge in [-0.05, 0) is 18.8 Å². The average Bonchev–Trinajstić information content (AvgIpc) is 1.86. The summed E-state index contributed by atoms with van der Waals surface area (Å²) in [6, 6.07) is 0. The minimum absolute atomic E-state index is 0.0459. The lowest BCUT2D eigenvalue weighted by Gasteiger charge is -1.99. The van der Waals surface area contributed by atoms with Crippen molar-refractivity contribution in [2.45, 2.75) is 33.6 Å². The first-order chi connectivity index (χ1) is 5.04. The van der Waals surface area contributed by atoms with Gasteiger partial charge in [-0.1, -0.05) is 31.5 Å². The molecule has 0 heterocycles. The second kappa shape index (κ2) is 5.36. The molecule has 0 aromatic heterocycles. The maximum absolute atomic E-state index is 10.6. The van der Waals surface area contributed by atoms with Crippen LogP contribution in [0.2, 0.25) is 0 Å². The first kappa shape index (κ1) is 10.7. The zero-order chi connectivity index (χ0) is 8.85. The molecule has 0 rings (SSSR count). The molecule has 0 aliphatic rings. The fourth-order valence-corrected chi connectivity index (χ4v) is 0.796. The molecular formula is C9H15ClO. The van der Waals surface area contributed by atoms with Crippen molar-refractivity contribution in [2.24, 2.45) is 5.92 Å². The largest absolute Gasteiger partial charge is 0.294 e. The minimum Gasteiger partial charge on any atom is -0.294 e. The highest BCUT2D eigenvalue weighted by Crippen LogP contribution is 2.09. The molecule has 0 aromatic rings. The van der Waals surface area contributed by atoms with Gasteiger partial charge in [0.15, 0.2) is 5.78 Å². The third-order valence-corrected chi connectivity index (χ3v) is 1.82.